The Morgan fingerprint density at radius 1 is 1.13 bits per heavy atom. The summed E-state index contributed by atoms with van der Waals surface area (Å²) in [6.07, 6.45) is 5.61. The van der Waals surface area contributed by atoms with E-state index in [2.05, 4.69) is 43.2 Å². The van der Waals surface area contributed by atoms with Gasteiger partial charge < -0.3 is 25.8 Å². The highest BCUT2D eigenvalue weighted by Gasteiger charge is 2.44. The van der Waals surface area contributed by atoms with Crippen molar-refractivity contribution in [2.24, 2.45) is 5.41 Å². The summed E-state index contributed by atoms with van der Waals surface area (Å²) < 4.78 is 1.73. The fourth-order valence-electron chi connectivity index (χ4n) is 4.95. The molecule has 11 nitrogen and oxygen atoms in total. The minimum absolute atomic E-state index is 0.151. The quantitative estimate of drug-likeness (QED) is 0.257. The summed E-state index contributed by atoms with van der Waals surface area (Å²) in [5.74, 6) is 0.903. The number of urea groups is 1. The van der Waals surface area contributed by atoms with Crippen LogP contribution in [-0.4, -0.2) is 82.7 Å². The molecule has 2 saturated heterocycles. The molecule has 3 amide bonds. The number of hydrogen-bond acceptors (Lipinski definition) is 8. The number of nitrogens with one attached hydrogen (secondary N) is 4. The monoisotopic (exact) mass is 535 g/mol. The maximum Gasteiger partial charge on any atom is 0.326 e. The molecule has 3 aromatic rings. The zero-order valence-corrected chi connectivity index (χ0v) is 21.9. The summed E-state index contributed by atoms with van der Waals surface area (Å²) in [7, 11) is 2.18. The van der Waals surface area contributed by atoms with Gasteiger partial charge in [0.05, 0.1) is 6.20 Å². The first-order chi connectivity index (χ1) is 18.4. The summed E-state index contributed by atoms with van der Waals surface area (Å²) in [6.45, 7) is 6.33. The number of nitrogens with zero attached hydrogens (tertiary/aromatic N) is 5. The number of carbonyl (C=O) groups is 2. The van der Waals surface area contributed by atoms with Crippen LogP contribution in [0.5, 0.6) is 0 Å². The van der Waals surface area contributed by atoms with Crippen LogP contribution in [0.4, 0.5) is 22.1 Å². The second-order valence-corrected chi connectivity index (χ2v) is 10.8. The van der Waals surface area contributed by atoms with Gasteiger partial charge in [0, 0.05) is 67.0 Å². The van der Waals surface area contributed by atoms with Gasteiger partial charge in [-0.25, -0.2) is 9.78 Å². The van der Waals surface area contributed by atoms with E-state index in [1.165, 1.54) is 12.8 Å². The highest BCUT2D eigenvalue weighted by atomic mass is 35.5. The van der Waals surface area contributed by atoms with E-state index in [9.17, 15) is 9.59 Å². The fourth-order valence-corrected chi connectivity index (χ4v) is 5.14. The topological polar surface area (TPSA) is 119 Å². The lowest BCUT2D eigenvalue weighted by atomic mass is 10.1. The number of piperazine rings is 1. The number of amides is 3. The Hall–Kier alpha value is -3.67. The van der Waals surface area contributed by atoms with E-state index in [0.29, 0.717) is 22.1 Å². The van der Waals surface area contributed by atoms with E-state index in [0.717, 1.165) is 50.8 Å². The van der Waals surface area contributed by atoms with Crippen molar-refractivity contribution in [1.29, 1.82) is 0 Å². The SMILES string of the molecule is CN1CCN(CC2(CNc3cc(Nc4cccc(Cl)c4)nc4c(/C=C5\NC(=O)NC5=O)cnn34)CC2)CC1. The van der Waals surface area contributed by atoms with Crippen LogP contribution in [0.2, 0.25) is 5.02 Å². The van der Waals surface area contributed by atoms with E-state index in [4.69, 9.17) is 16.6 Å². The zero-order valence-electron chi connectivity index (χ0n) is 21.1. The first-order valence-corrected chi connectivity index (χ1v) is 13.1. The molecule has 1 aliphatic carbocycles. The molecule has 38 heavy (non-hydrogen) atoms. The summed E-state index contributed by atoms with van der Waals surface area (Å²) in [4.78, 5) is 33.4. The Morgan fingerprint density at radius 3 is 2.66 bits per heavy atom. The molecular weight excluding hydrogens is 506 g/mol. The number of fused-ring (bicyclic) bond motifs is 1. The van der Waals surface area contributed by atoms with E-state index in [1.807, 2.05) is 30.3 Å². The number of benzene rings is 1. The number of imide groups is 1. The van der Waals surface area contributed by atoms with Crippen molar-refractivity contribution in [3.05, 3.63) is 52.8 Å². The molecule has 3 fully saturated rings. The van der Waals surface area contributed by atoms with Crippen molar-refractivity contribution < 1.29 is 9.59 Å². The molecule has 0 radical (unpaired) electrons. The van der Waals surface area contributed by atoms with Crippen LogP contribution in [0.1, 0.15) is 18.4 Å². The van der Waals surface area contributed by atoms with Gasteiger partial charge in [-0.2, -0.15) is 9.61 Å². The lowest BCUT2D eigenvalue weighted by Crippen LogP contribution is -2.47. The normalized spacial score (nSPS) is 20.5. The first-order valence-electron chi connectivity index (χ1n) is 12.8. The van der Waals surface area contributed by atoms with Crippen LogP contribution in [0.3, 0.4) is 0 Å². The summed E-state index contributed by atoms with van der Waals surface area (Å²) in [5.41, 5.74) is 2.35. The Morgan fingerprint density at radius 2 is 1.95 bits per heavy atom. The number of rotatable bonds is 8. The van der Waals surface area contributed by atoms with Crippen LogP contribution in [0, 0.1) is 5.41 Å². The van der Waals surface area contributed by atoms with E-state index in [1.54, 1.807) is 16.8 Å². The van der Waals surface area contributed by atoms with Gasteiger partial charge in [-0.15, -0.1) is 0 Å². The fraction of sp³-hybridized carbons (Fsp3) is 0.385. The Bertz CT molecular complexity index is 1420. The molecule has 198 valence electrons. The molecule has 12 heteroatoms. The molecule has 1 aromatic carbocycles. The molecule has 3 aliphatic rings. The van der Waals surface area contributed by atoms with Gasteiger partial charge in [-0.3, -0.25) is 10.1 Å². The molecule has 2 aliphatic heterocycles. The zero-order chi connectivity index (χ0) is 26.3. The van der Waals surface area contributed by atoms with Gasteiger partial charge in [-0.05, 0) is 44.2 Å². The Kier molecular flexibility index (Phi) is 6.42. The summed E-state index contributed by atoms with van der Waals surface area (Å²) in [5, 5.41) is 16.9. The second kappa shape index (κ2) is 9.90. The van der Waals surface area contributed by atoms with Crippen molar-refractivity contribution >= 4 is 52.6 Å². The van der Waals surface area contributed by atoms with Gasteiger partial charge in [-0.1, -0.05) is 17.7 Å². The average Bonchev–Trinajstić information content (AvgIpc) is 3.41. The number of halogens is 1. The average molecular weight is 536 g/mol. The molecule has 4 heterocycles. The van der Waals surface area contributed by atoms with E-state index in [-0.39, 0.29) is 11.1 Å². The number of likely N-dealkylation sites (N-methyl/N-ethyl adjacent to an activating group) is 1. The van der Waals surface area contributed by atoms with Crippen LogP contribution in [0.15, 0.2) is 42.2 Å². The molecule has 1 saturated carbocycles. The van der Waals surface area contributed by atoms with Gasteiger partial charge in [0.1, 0.15) is 17.3 Å². The van der Waals surface area contributed by atoms with E-state index >= 15 is 0 Å². The lowest BCUT2D eigenvalue weighted by molar-refractivity contribution is -0.115. The third-order valence-electron chi connectivity index (χ3n) is 7.37. The van der Waals surface area contributed by atoms with Gasteiger partial charge in [0.25, 0.3) is 5.91 Å². The van der Waals surface area contributed by atoms with Gasteiger partial charge in [0.15, 0.2) is 5.65 Å². The van der Waals surface area contributed by atoms with Gasteiger partial charge in [0.2, 0.25) is 0 Å². The molecule has 0 unspecified atom stereocenters. The molecule has 0 bridgehead atoms. The van der Waals surface area contributed by atoms with Crippen molar-refractivity contribution in [2.75, 3.05) is 56.9 Å². The predicted octanol–water partition coefficient (Wildman–Crippen LogP) is 2.75. The van der Waals surface area contributed by atoms with Crippen molar-refractivity contribution in [3.63, 3.8) is 0 Å². The minimum Gasteiger partial charge on any atom is -0.369 e. The lowest BCUT2D eigenvalue weighted by Gasteiger charge is -2.35. The second-order valence-electron chi connectivity index (χ2n) is 10.4. The smallest absolute Gasteiger partial charge is 0.326 e. The van der Waals surface area contributed by atoms with Gasteiger partial charge >= 0.3 is 6.03 Å². The standard InChI is InChI=1S/C26H30ClN9O2/c1-34-7-9-35(10-8-34)16-26(5-6-26)15-28-22-13-21(30-19-4-2-3-18(27)12-19)32-23-17(14-29-36(22)23)11-20-24(37)33-25(38)31-20/h2-4,11-14,28H,5-10,15-16H2,1H3,(H,30,32)(H2,31,33,37,38)/b20-11-. The van der Waals surface area contributed by atoms with Crippen molar-refractivity contribution in [1.82, 2.24) is 35.0 Å². The Labute approximate surface area is 225 Å². The third-order valence-corrected chi connectivity index (χ3v) is 7.61. The highest BCUT2D eigenvalue weighted by molar-refractivity contribution is 6.30. The highest BCUT2D eigenvalue weighted by Crippen LogP contribution is 2.46. The molecule has 2 aromatic heterocycles. The minimum atomic E-state index is -0.550. The molecular formula is C26H30ClN9O2. The molecule has 0 atom stereocenters. The Balaban J connectivity index is 1.28. The molecule has 0 spiro atoms. The maximum absolute atomic E-state index is 12.1. The van der Waals surface area contributed by atoms with Crippen LogP contribution >= 0.6 is 11.6 Å². The number of aromatic nitrogens is 3. The molecule has 4 N–H and O–H groups in total. The van der Waals surface area contributed by atoms with Crippen LogP contribution in [0.25, 0.3) is 11.7 Å². The van der Waals surface area contributed by atoms with Crippen molar-refractivity contribution in [2.45, 2.75) is 12.8 Å². The van der Waals surface area contributed by atoms with Crippen LogP contribution < -0.4 is 21.3 Å². The predicted molar refractivity (Wildman–Crippen MR) is 146 cm³/mol. The first kappa shape index (κ1) is 24.7. The molecule has 6 rings (SSSR count). The number of hydrogen-bond donors (Lipinski definition) is 4. The summed E-state index contributed by atoms with van der Waals surface area (Å²) in [6, 6.07) is 8.80. The van der Waals surface area contributed by atoms with E-state index < -0.39 is 11.9 Å². The largest absolute Gasteiger partial charge is 0.369 e. The van der Waals surface area contributed by atoms with Crippen LogP contribution in [-0.2, 0) is 4.79 Å². The number of carbonyl (C=O) groups excluding carboxylic acids is 2. The maximum atomic E-state index is 12.1. The number of anilines is 3. The van der Waals surface area contributed by atoms with Crippen molar-refractivity contribution in [3.8, 4) is 0 Å². The summed E-state index contributed by atoms with van der Waals surface area (Å²) >= 11 is 6.19. The third kappa shape index (κ3) is 5.31.